The smallest absolute Gasteiger partial charge is 0.335 e. The van der Waals surface area contributed by atoms with Crippen molar-refractivity contribution in [1.29, 1.82) is 5.26 Å². The van der Waals surface area contributed by atoms with Crippen molar-refractivity contribution >= 4 is 17.0 Å². The molecular weight excluding hydrogens is 623 g/mol. The minimum absolute atomic E-state index is 0.0339. The van der Waals surface area contributed by atoms with Crippen LogP contribution in [0.4, 0.5) is 22.0 Å². The first-order valence-corrected chi connectivity index (χ1v) is 14.3. The van der Waals surface area contributed by atoms with Crippen LogP contribution in [0.3, 0.4) is 0 Å². The summed E-state index contributed by atoms with van der Waals surface area (Å²) >= 11 is 0. The summed E-state index contributed by atoms with van der Waals surface area (Å²) < 4.78 is 89.1. The van der Waals surface area contributed by atoms with Gasteiger partial charge in [-0.2, -0.15) is 5.26 Å². The van der Waals surface area contributed by atoms with Crippen LogP contribution >= 0.6 is 0 Å². The van der Waals surface area contributed by atoms with Crippen molar-refractivity contribution in [2.24, 2.45) is 5.41 Å². The summed E-state index contributed by atoms with van der Waals surface area (Å²) in [6.45, 7) is 4.01. The average molecular weight is 649 g/mol. The molecule has 0 spiro atoms. The fourth-order valence-corrected chi connectivity index (χ4v) is 5.62. The molecule has 2 aromatic heterocycles. The summed E-state index contributed by atoms with van der Waals surface area (Å²) in [4.78, 5) is 19.9. The van der Waals surface area contributed by atoms with E-state index in [4.69, 9.17) is 14.7 Å². The van der Waals surface area contributed by atoms with Crippen molar-refractivity contribution in [3.05, 3.63) is 112 Å². The highest BCUT2D eigenvalue weighted by atomic mass is 19.2. The second-order valence-electron chi connectivity index (χ2n) is 11.8. The molecular formula is C34H25F5N4O4. The molecule has 240 valence electrons. The normalized spacial score (nSPS) is 15.6. The Morgan fingerprint density at radius 3 is 2.43 bits per heavy atom. The van der Waals surface area contributed by atoms with Gasteiger partial charge in [0.25, 0.3) is 5.88 Å². The first kappa shape index (κ1) is 31.6. The summed E-state index contributed by atoms with van der Waals surface area (Å²) in [7, 11) is 0. The van der Waals surface area contributed by atoms with Gasteiger partial charge < -0.3 is 19.1 Å². The lowest BCUT2D eigenvalue weighted by atomic mass is 9.87. The number of carboxylic acids is 1. The van der Waals surface area contributed by atoms with E-state index in [0.717, 1.165) is 24.3 Å². The van der Waals surface area contributed by atoms with Gasteiger partial charge in [-0.25, -0.2) is 36.7 Å². The number of halogens is 5. The molecule has 0 aliphatic carbocycles. The molecule has 0 bridgehead atoms. The van der Waals surface area contributed by atoms with Crippen molar-refractivity contribution in [2.45, 2.75) is 32.9 Å². The predicted molar refractivity (Wildman–Crippen MR) is 158 cm³/mol. The predicted octanol–water partition coefficient (Wildman–Crippen LogP) is 7.13. The Morgan fingerprint density at radius 2 is 1.77 bits per heavy atom. The number of hydrogen-bond acceptors (Lipinski definition) is 6. The van der Waals surface area contributed by atoms with Gasteiger partial charge in [0.05, 0.1) is 47.7 Å². The lowest BCUT2D eigenvalue weighted by Gasteiger charge is -2.28. The maximum absolute atomic E-state index is 15.7. The number of nitrogens with zero attached hydrogens (tertiary/aromatic N) is 4. The van der Waals surface area contributed by atoms with Gasteiger partial charge in [-0.15, -0.1) is 0 Å². The summed E-state index contributed by atoms with van der Waals surface area (Å²) in [5.41, 5.74) is -1.64. The summed E-state index contributed by atoms with van der Waals surface area (Å²) in [5.74, 6) is -7.98. The Kier molecular flexibility index (Phi) is 8.15. The van der Waals surface area contributed by atoms with E-state index in [1.807, 2.05) is 19.9 Å². The van der Waals surface area contributed by atoms with E-state index in [-0.39, 0.29) is 41.3 Å². The fourth-order valence-electron chi connectivity index (χ4n) is 5.62. The number of carbonyl (C=O) groups is 1. The van der Waals surface area contributed by atoms with Crippen molar-refractivity contribution in [3.63, 3.8) is 0 Å². The van der Waals surface area contributed by atoms with Crippen molar-refractivity contribution in [1.82, 2.24) is 14.5 Å². The molecule has 1 aliphatic heterocycles. The van der Waals surface area contributed by atoms with Crippen LogP contribution in [0.5, 0.6) is 5.88 Å². The van der Waals surface area contributed by atoms with Crippen LogP contribution in [0.2, 0.25) is 0 Å². The van der Waals surface area contributed by atoms with Crippen LogP contribution in [0.15, 0.2) is 54.6 Å². The van der Waals surface area contributed by atoms with Gasteiger partial charge in [-0.3, -0.25) is 0 Å². The van der Waals surface area contributed by atoms with E-state index < -0.39 is 69.9 Å². The summed E-state index contributed by atoms with van der Waals surface area (Å²) in [6, 6.07) is 12.4. The van der Waals surface area contributed by atoms with Crippen molar-refractivity contribution < 1.29 is 41.3 Å². The SMILES string of the molecule is CC1(C)COC[C@H]1n1c(Cc2c(F)cc(-c3ccc(F)c(OCc4ccc(C#N)cc4)n3)c(F)c2F)nc2c(F)cc(C(=O)O)cc21. The summed E-state index contributed by atoms with van der Waals surface area (Å²) in [6.07, 6.45) is -0.617. The maximum Gasteiger partial charge on any atom is 0.335 e. The van der Waals surface area contributed by atoms with Gasteiger partial charge in [0.2, 0.25) is 0 Å². The van der Waals surface area contributed by atoms with Crippen molar-refractivity contribution in [2.75, 3.05) is 13.2 Å². The molecule has 3 heterocycles. The molecule has 0 amide bonds. The third kappa shape index (κ3) is 5.88. The second kappa shape index (κ2) is 12.1. The van der Waals surface area contributed by atoms with Crippen LogP contribution < -0.4 is 4.74 Å². The molecule has 8 nitrogen and oxygen atoms in total. The zero-order valence-corrected chi connectivity index (χ0v) is 25.0. The molecule has 5 aromatic rings. The molecule has 3 aromatic carbocycles. The average Bonchev–Trinajstić information content (AvgIpc) is 3.58. The van der Waals surface area contributed by atoms with Crippen LogP contribution in [-0.4, -0.2) is 38.8 Å². The molecule has 1 N–H and O–H groups in total. The monoisotopic (exact) mass is 648 g/mol. The number of ether oxygens (including phenoxy) is 2. The first-order valence-electron chi connectivity index (χ1n) is 14.3. The van der Waals surface area contributed by atoms with Gasteiger partial charge in [0, 0.05) is 23.0 Å². The lowest BCUT2D eigenvalue weighted by molar-refractivity contribution is 0.0696. The Bertz CT molecular complexity index is 2090. The van der Waals surface area contributed by atoms with Gasteiger partial charge in [-0.1, -0.05) is 26.0 Å². The molecule has 1 atom stereocenters. The lowest BCUT2D eigenvalue weighted by Crippen LogP contribution is -2.27. The zero-order valence-electron chi connectivity index (χ0n) is 25.0. The minimum Gasteiger partial charge on any atom is -0.478 e. The van der Waals surface area contributed by atoms with Crippen LogP contribution in [0, 0.1) is 45.8 Å². The van der Waals surface area contributed by atoms with Crippen LogP contribution in [0.1, 0.15) is 52.8 Å². The number of carboxylic acid groups (broad SMARTS) is 1. The molecule has 1 aliphatic rings. The quantitative estimate of drug-likeness (QED) is 0.141. The zero-order chi connectivity index (χ0) is 33.6. The van der Waals surface area contributed by atoms with Crippen molar-refractivity contribution in [3.8, 4) is 23.2 Å². The highest BCUT2D eigenvalue weighted by molar-refractivity contribution is 5.93. The minimum atomic E-state index is -1.56. The van der Waals surface area contributed by atoms with E-state index >= 15 is 17.6 Å². The highest BCUT2D eigenvalue weighted by Gasteiger charge is 2.39. The van der Waals surface area contributed by atoms with E-state index in [9.17, 15) is 14.3 Å². The van der Waals surface area contributed by atoms with E-state index in [1.54, 1.807) is 24.3 Å². The van der Waals surface area contributed by atoms with E-state index in [2.05, 4.69) is 9.97 Å². The Morgan fingerprint density at radius 1 is 1.02 bits per heavy atom. The molecule has 47 heavy (non-hydrogen) atoms. The third-order valence-corrected chi connectivity index (χ3v) is 8.17. The topological polar surface area (TPSA) is 110 Å². The third-order valence-electron chi connectivity index (χ3n) is 8.17. The van der Waals surface area contributed by atoms with Gasteiger partial charge in [0.1, 0.15) is 23.8 Å². The first-order chi connectivity index (χ1) is 22.4. The van der Waals surface area contributed by atoms with E-state index in [0.29, 0.717) is 17.7 Å². The number of imidazole rings is 1. The molecule has 13 heteroatoms. The number of pyridine rings is 1. The van der Waals surface area contributed by atoms with Gasteiger partial charge in [0.15, 0.2) is 23.3 Å². The maximum atomic E-state index is 15.7. The number of aromatic nitrogens is 3. The largest absolute Gasteiger partial charge is 0.478 e. The second-order valence-corrected chi connectivity index (χ2v) is 11.8. The van der Waals surface area contributed by atoms with Gasteiger partial charge in [-0.05, 0) is 48.0 Å². The number of nitriles is 1. The van der Waals surface area contributed by atoms with Crippen LogP contribution in [-0.2, 0) is 17.8 Å². The molecule has 1 fully saturated rings. The van der Waals surface area contributed by atoms with Crippen LogP contribution in [0.25, 0.3) is 22.3 Å². The summed E-state index contributed by atoms with van der Waals surface area (Å²) in [5, 5.41) is 18.5. The number of fused-ring (bicyclic) bond motifs is 1. The number of benzene rings is 3. The Labute approximate surface area is 264 Å². The number of rotatable bonds is 8. The van der Waals surface area contributed by atoms with Gasteiger partial charge >= 0.3 is 5.97 Å². The highest BCUT2D eigenvalue weighted by Crippen LogP contribution is 2.41. The van der Waals surface area contributed by atoms with E-state index in [1.165, 1.54) is 10.6 Å². The Balaban J connectivity index is 1.37. The molecule has 0 unspecified atom stereocenters. The number of aromatic carboxylic acids is 1. The fraction of sp³-hybridized carbons (Fsp3) is 0.235. The molecule has 1 saturated heterocycles. The standard InChI is InChI=1S/C34H25F5N4O4/c1-34(2)16-46-15-27(34)43-26-10-19(33(44)45)9-24(37)31(26)42-28(43)12-20-23(36)11-21(30(39)29(20)38)25-8-7-22(35)32(41-25)47-14-18-5-3-17(13-40)4-6-18/h3-11,27H,12,14-16H2,1-2H3,(H,44,45)/t27-/m1/s1. The molecule has 6 rings (SSSR count). The number of hydrogen-bond donors (Lipinski definition) is 1. The molecule has 0 radical (unpaired) electrons. The Hall–Kier alpha value is -5.35. The molecule has 0 saturated carbocycles.